The minimum atomic E-state index is 0.279. The van der Waals surface area contributed by atoms with Crippen LogP contribution < -0.4 is 5.01 Å². The SMILES string of the molecule is C(=Cc1ccccc1)C1=NN(c2ccccc2)CC1c1ccccc1. The monoisotopic (exact) mass is 324 g/mol. The molecule has 1 aliphatic heterocycles. The standard InChI is InChI=1S/C23H20N2/c1-4-10-19(11-5-1)16-17-23-22(20-12-6-2-7-13-20)18-25(24-23)21-14-8-3-9-15-21/h1-17,22H,18H2. The van der Waals surface area contributed by atoms with Crippen LogP contribution in [-0.2, 0) is 0 Å². The summed E-state index contributed by atoms with van der Waals surface area (Å²) in [7, 11) is 0. The van der Waals surface area contributed by atoms with Gasteiger partial charge in [0.1, 0.15) is 0 Å². The van der Waals surface area contributed by atoms with Crippen molar-refractivity contribution in [3.05, 3.63) is 108 Å². The van der Waals surface area contributed by atoms with Gasteiger partial charge in [-0.3, -0.25) is 5.01 Å². The number of nitrogens with zero attached hydrogens (tertiary/aromatic N) is 2. The molecule has 0 N–H and O–H groups in total. The summed E-state index contributed by atoms with van der Waals surface area (Å²) in [6.45, 7) is 0.864. The van der Waals surface area contributed by atoms with Gasteiger partial charge in [-0.1, -0.05) is 84.9 Å². The van der Waals surface area contributed by atoms with Gasteiger partial charge >= 0.3 is 0 Å². The molecule has 25 heavy (non-hydrogen) atoms. The number of benzene rings is 3. The van der Waals surface area contributed by atoms with Crippen LogP contribution in [0.2, 0.25) is 0 Å². The molecule has 0 saturated carbocycles. The second-order valence-corrected chi connectivity index (χ2v) is 6.15. The van der Waals surface area contributed by atoms with Crippen LogP contribution in [0.15, 0.2) is 102 Å². The van der Waals surface area contributed by atoms with Crippen molar-refractivity contribution in [3.63, 3.8) is 0 Å². The van der Waals surface area contributed by atoms with Gasteiger partial charge < -0.3 is 0 Å². The summed E-state index contributed by atoms with van der Waals surface area (Å²) >= 11 is 0. The zero-order chi connectivity index (χ0) is 16.9. The highest BCUT2D eigenvalue weighted by Crippen LogP contribution is 2.29. The largest absolute Gasteiger partial charge is 0.264 e. The van der Waals surface area contributed by atoms with Gasteiger partial charge in [0, 0.05) is 5.92 Å². The van der Waals surface area contributed by atoms with Crippen molar-refractivity contribution in [2.24, 2.45) is 5.10 Å². The van der Waals surface area contributed by atoms with Crippen molar-refractivity contribution < 1.29 is 0 Å². The molecule has 0 saturated heterocycles. The quantitative estimate of drug-likeness (QED) is 0.631. The lowest BCUT2D eigenvalue weighted by Crippen LogP contribution is -2.17. The molecule has 2 nitrogen and oxygen atoms in total. The fourth-order valence-electron chi connectivity index (χ4n) is 3.14. The first-order valence-electron chi connectivity index (χ1n) is 8.59. The fraction of sp³-hybridized carbons (Fsp3) is 0.0870. The molecule has 3 aromatic rings. The topological polar surface area (TPSA) is 15.6 Å². The Morgan fingerprint density at radius 3 is 2.00 bits per heavy atom. The minimum absolute atomic E-state index is 0.279. The summed E-state index contributed by atoms with van der Waals surface area (Å²) in [5.74, 6) is 0.279. The Bertz CT molecular complexity index is 868. The summed E-state index contributed by atoms with van der Waals surface area (Å²) in [5, 5.41) is 6.99. The molecule has 4 rings (SSSR count). The summed E-state index contributed by atoms with van der Waals surface area (Å²) in [5.41, 5.74) is 4.72. The van der Waals surface area contributed by atoms with Crippen LogP contribution in [0, 0.1) is 0 Å². The first-order chi connectivity index (χ1) is 12.4. The number of hydrogen-bond donors (Lipinski definition) is 0. The number of para-hydroxylation sites is 1. The molecule has 0 radical (unpaired) electrons. The van der Waals surface area contributed by atoms with E-state index >= 15 is 0 Å². The molecule has 1 heterocycles. The third-order valence-electron chi connectivity index (χ3n) is 4.45. The van der Waals surface area contributed by atoms with Crippen LogP contribution in [0.25, 0.3) is 6.08 Å². The molecule has 122 valence electrons. The third kappa shape index (κ3) is 3.53. The van der Waals surface area contributed by atoms with E-state index in [1.807, 2.05) is 12.1 Å². The van der Waals surface area contributed by atoms with Crippen molar-refractivity contribution in [2.75, 3.05) is 11.6 Å². The summed E-state index contributed by atoms with van der Waals surface area (Å²) in [6.07, 6.45) is 4.29. The van der Waals surface area contributed by atoms with Crippen molar-refractivity contribution in [2.45, 2.75) is 5.92 Å². The summed E-state index contributed by atoms with van der Waals surface area (Å²) in [4.78, 5) is 0. The van der Waals surface area contributed by atoms with E-state index in [-0.39, 0.29) is 5.92 Å². The normalized spacial score (nSPS) is 17.0. The smallest absolute Gasteiger partial charge is 0.0703 e. The first-order valence-corrected chi connectivity index (χ1v) is 8.59. The number of allylic oxidation sites excluding steroid dienone is 1. The van der Waals surface area contributed by atoms with Crippen LogP contribution in [0.3, 0.4) is 0 Å². The zero-order valence-corrected chi connectivity index (χ0v) is 14.0. The Morgan fingerprint density at radius 2 is 1.32 bits per heavy atom. The van der Waals surface area contributed by atoms with Crippen molar-refractivity contribution >= 4 is 17.5 Å². The van der Waals surface area contributed by atoms with Gasteiger partial charge in [0.2, 0.25) is 0 Å². The van der Waals surface area contributed by atoms with Crippen LogP contribution in [0.1, 0.15) is 17.0 Å². The Morgan fingerprint density at radius 1 is 0.720 bits per heavy atom. The van der Waals surface area contributed by atoms with Crippen LogP contribution in [0.4, 0.5) is 5.69 Å². The first kappa shape index (κ1) is 15.4. The van der Waals surface area contributed by atoms with Crippen LogP contribution in [-0.4, -0.2) is 12.3 Å². The van der Waals surface area contributed by atoms with Crippen LogP contribution >= 0.6 is 0 Å². The molecule has 2 heteroatoms. The lowest BCUT2D eigenvalue weighted by Gasteiger charge is -2.16. The molecule has 0 spiro atoms. The van der Waals surface area contributed by atoms with Gasteiger partial charge in [0.25, 0.3) is 0 Å². The number of rotatable bonds is 4. The Balaban J connectivity index is 1.66. The Labute approximate surface area is 148 Å². The molecule has 0 amide bonds. The lowest BCUT2D eigenvalue weighted by molar-refractivity contribution is 0.851. The average Bonchev–Trinajstić information content (AvgIpc) is 3.13. The molecule has 1 atom stereocenters. The summed E-state index contributed by atoms with van der Waals surface area (Å²) in [6, 6.07) is 31.4. The number of anilines is 1. The van der Waals surface area contributed by atoms with Gasteiger partial charge in [-0.15, -0.1) is 0 Å². The highest BCUT2D eigenvalue weighted by Gasteiger charge is 2.27. The van der Waals surface area contributed by atoms with Gasteiger partial charge in [0.05, 0.1) is 17.9 Å². The van der Waals surface area contributed by atoms with Crippen molar-refractivity contribution in [1.82, 2.24) is 0 Å². The van der Waals surface area contributed by atoms with E-state index in [0.29, 0.717) is 0 Å². The minimum Gasteiger partial charge on any atom is -0.264 e. The van der Waals surface area contributed by atoms with E-state index in [1.54, 1.807) is 0 Å². The maximum Gasteiger partial charge on any atom is 0.0703 e. The predicted molar refractivity (Wildman–Crippen MR) is 106 cm³/mol. The maximum absolute atomic E-state index is 4.89. The van der Waals surface area contributed by atoms with Gasteiger partial charge in [-0.25, -0.2) is 0 Å². The average molecular weight is 324 g/mol. The molecule has 1 unspecified atom stereocenters. The highest BCUT2D eigenvalue weighted by molar-refractivity contribution is 6.05. The third-order valence-corrected chi connectivity index (χ3v) is 4.45. The maximum atomic E-state index is 4.89. The van der Waals surface area contributed by atoms with E-state index in [4.69, 9.17) is 5.10 Å². The van der Waals surface area contributed by atoms with Crippen molar-refractivity contribution in [3.8, 4) is 0 Å². The lowest BCUT2D eigenvalue weighted by atomic mass is 9.94. The molecule has 0 aliphatic carbocycles. The van der Waals surface area contributed by atoms with Gasteiger partial charge in [0.15, 0.2) is 0 Å². The van der Waals surface area contributed by atoms with E-state index in [9.17, 15) is 0 Å². The molecular formula is C23H20N2. The summed E-state index contributed by atoms with van der Waals surface area (Å²) < 4.78 is 0. The molecule has 0 fully saturated rings. The van der Waals surface area contributed by atoms with Gasteiger partial charge in [-0.05, 0) is 29.3 Å². The number of hydrogen-bond acceptors (Lipinski definition) is 2. The van der Waals surface area contributed by atoms with E-state index < -0.39 is 0 Å². The number of hydrazone groups is 1. The van der Waals surface area contributed by atoms with Gasteiger partial charge in [-0.2, -0.15) is 5.10 Å². The van der Waals surface area contributed by atoms with E-state index in [1.165, 1.54) is 11.1 Å². The second kappa shape index (κ2) is 7.18. The second-order valence-electron chi connectivity index (χ2n) is 6.15. The Hall–Kier alpha value is -3.13. The fourth-order valence-corrected chi connectivity index (χ4v) is 3.14. The highest BCUT2D eigenvalue weighted by atomic mass is 15.5. The van der Waals surface area contributed by atoms with Crippen LogP contribution in [0.5, 0.6) is 0 Å². The molecule has 3 aromatic carbocycles. The van der Waals surface area contributed by atoms with Crippen molar-refractivity contribution in [1.29, 1.82) is 0 Å². The molecule has 0 aromatic heterocycles. The Kier molecular flexibility index (Phi) is 4.42. The van der Waals surface area contributed by atoms with E-state index in [2.05, 4.69) is 96.0 Å². The zero-order valence-electron chi connectivity index (χ0n) is 14.0. The molecule has 0 bridgehead atoms. The molecular weight excluding hydrogens is 304 g/mol. The van der Waals surface area contributed by atoms with E-state index in [0.717, 1.165) is 17.9 Å². The predicted octanol–water partition coefficient (Wildman–Crippen LogP) is 5.36. The molecule has 1 aliphatic rings.